The quantitative estimate of drug-likeness (QED) is 0.521. The summed E-state index contributed by atoms with van der Waals surface area (Å²) in [6.45, 7) is 15.5. The average Bonchev–Trinajstić information content (AvgIpc) is 2.48. The summed E-state index contributed by atoms with van der Waals surface area (Å²) < 4.78 is 4.27. The van der Waals surface area contributed by atoms with Crippen LogP contribution in [-0.4, -0.2) is 41.8 Å². The van der Waals surface area contributed by atoms with Gasteiger partial charge in [-0.3, -0.25) is 0 Å². The zero-order valence-corrected chi connectivity index (χ0v) is 14.4. The van der Waals surface area contributed by atoms with Crippen molar-refractivity contribution in [3.05, 3.63) is 37.0 Å². The summed E-state index contributed by atoms with van der Waals surface area (Å²) in [6.07, 6.45) is 3.22. The lowest BCUT2D eigenvalue weighted by atomic mass is 10.3. The summed E-state index contributed by atoms with van der Waals surface area (Å²) in [5.41, 5.74) is 5.75. The van der Waals surface area contributed by atoms with Gasteiger partial charge in [-0.2, -0.15) is 0 Å². The molecule has 0 aliphatic heterocycles. The van der Waals surface area contributed by atoms with Crippen molar-refractivity contribution in [2.45, 2.75) is 33.6 Å². The third kappa shape index (κ3) is 45.1. The predicted molar refractivity (Wildman–Crippen MR) is 91.1 cm³/mol. The Labute approximate surface area is 138 Å². The van der Waals surface area contributed by atoms with Crippen molar-refractivity contribution < 1.29 is 29.3 Å². The number of esters is 1. The van der Waals surface area contributed by atoms with Crippen LogP contribution < -0.4 is 5.73 Å². The van der Waals surface area contributed by atoms with Crippen molar-refractivity contribution in [2.75, 3.05) is 13.7 Å². The molecule has 0 aromatic carbocycles. The third-order valence-electron chi connectivity index (χ3n) is 1.63. The Morgan fingerprint density at radius 2 is 1.48 bits per heavy atom. The van der Waals surface area contributed by atoms with Gasteiger partial charge in [0.15, 0.2) is 0 Å². The standard InChI is InChI=1S/C5H8O2.C4H11N.C4H6O2.C3H4O2/c1-4(2)5(6)7-3;1-2-3-4-5;1-3(2)4(5)6;1-2-3(4)5/h1H2,2-3H3;2-5H2,1H3;1H2,2H3,(H,5,6);2H,1H2,(H,4,5). The number of hydrogen-bond donors (Lipinski definition) is 3. The van der Waals surface area contributed by atoms with Gasteiger partial charge in [0.05, 0.1) is 7.11 Å². The van der Waals surface area contributed by atoms with E-state index in [1.165, 1.54) is 26.9 Å². The van der Waals surface area contributed by atoms with Gasteiger partial charge in [-0.1, -0.05) is 33.1 Å². The topological polar surface area (TPSA) is 127 Å². The van der Waals surface area contributed by atoms with E-state index >= 15 is 0 Å². The van der Waals surface area contributed by atoms with E-state index in [2.05, 4.69) is 31.4 Å². The van der Waals surface area contributed by atoms with Crippen molar-refractivity contribution in [1.29, 1.82) is 0 Å². The maximum atomic E-state index is 10.2. The van der Waals surface area contributed by atoms with Crippen LogP contribution in [0.2, 0.25) is 0 Å². The number of methoxy groups -OCH3 is 1. The second-order valence-corrected chi connectivity index (χ2v) is 4.04. The Bertz CT molecular complexity index is 374. The molecule has 0 saturated heterocycles. The fourth-order valence-electron chi connectivity index (χ4n) is 0.378. The number of nitrogens with two attached hydrogens (primary N) is 1. The maximum absolute atomic E-state index is 10.2. The van der Waals surface area contributed by atoms with E-state index in [1.807, 2.05) is 0 Å². The number of carbonyl (C=O) groups excluding carboxylic acids is 1. The van der Waals surface area contributed by atoms with Gasteiger partial charge in [-0.05, 0) is 26.8 Å². The largest absolute Gasteiger partial charge is 0.478 e. The van der Waals surface area contributed by atoms with Crippen LogP contribution in [0.25, 0.3) is 0 Å². The molecule has 0 unspecified atom stereocenters. The van der Waals surface area contributed by atoms with Crippen molar-refractivity contribution in [1.82, 2.24) is 0 Å². The molecule has 4 N–H and O–H groups in total. The molecule has 7 nitrogen and oxygen atoms in total. The van der Waals surface area contributed by atoms with Gasteiger partial charge < -0.3 is 20.7 Å². The van der Waals surface area contributed by atoms with Crippen LogP contribution in [0.1, 0.15) is 33.6 Å². The predicted octanol–water partition coefficient (Wildman–Crippen LogP) is 2.38. The first-order valence-electron chi connectivity index (χ1n) is 6.69. The zero-order chi connectivity index (χ0) is 19.4. The minimum absolute atomic E-state index is 0.176. The Morgan fingerprint density at radius 3 is 1.48 bits per heavy atom. The van der Waals surface area contributed by atoms with Crippen molar-refractivity contribution in [2.24, 2.45) is 5.73 Å². The molecule has 0 aliphatic rings. The molecule has 134 valence electrons. The number of aliphatic carboxylic acids is 2. The second-order valence-electron chi connectivity index (χ2n) is 4.04. The normalized spacial score (nSPS) is 7.52. The second kappa shape index (κ2) is 21.9. The third-order valence-corrected chi connectivity index (χ3v) is 1.63. The van der Waals surface area contributed by atoms with E-state index in [0.29, 0.717) is 5.57 Å². The van der Waals surface area contributed by atoms with E-state index in [4.69, 9.17) is 15.9 Å². The highest BCUT2D eigenvalue weighted by Crippen LogP contribution is 1.87. The summed E-state index contributed by atoms with van der Waals surface area (Å²) in [5.74, 6) is -2.26. The molecule has 0 fully saturated rings. The number of unbranched alkanes of at least 4 members (excludes halogenated alkanes) is 1. The minimum Gasteiger partial charge on any atom is -0.478 e. The number of ether oxygens (including phenoxy) is 1. The van der Waals surface area contributed by atoms with Crippen LogP contribution in [0.15, 0.2) is 37.0 Å². The summed E-state index contributed by atoms with van der Waals surface area (Å²) in [4.78, 5) is 29.0. The van der Waals surface area contributed by atoms with E-state index < -0.39 is 11.9 Å². The molecule has 0 bridgehead atoms. The number of carbonyl (C=O) groups is 3. The van der Waals surface area contributed by atoms with Crippen LogP contribution in [0, 0.1) is 0 Å². The first-order chi connectivity index (χ1) is 10.5. The van der Waals surface area contributed by atoms with Crippen molar-refractivity contribution in [3.63, 3.8) is 0 Å². The summed E-state index contributed by atoms with van der Waals surface area (Å²) in [7, 11) is 1.33. The first kappa shape index (κ1) is 28.7. The van der Waals surface area contributed by atoms with Gasteiger partial charge in [0.1, 0.15) is 0 Å². The molecule has 0 atom stereocenters. The molecule has 0 aliphatic carbocycles. The lowest BCUT2D eigenvalue weighted by Crippen LogP contribution is -1.98. The maximum Gasteiger partial charge on any atom is 0.332 e. The lowest BCUT2D eigenvalue weighted by molar-refractivity contribution is -0.136. The Kier molecular flexibility index (Phi) is 27.3. The molecule has 0 amide bonds. The van der Waals surface area contributed by atoms with Gasteiger partial charge >= 0.3 is 17.9 Å². The van der Waals surface area contributed by atoms with E-state index in [0.717, 1.165) is 12.6 Å². The molecular formula is C16H29NO6. The number of carboxylic acids is 2. The molecule has 0 heterocycles. The fourth-order valence-corrected chi connectivity index (χ4v) is 0.378. The van der Waals surface area contributed by atoms with Crippen LogP contribution in [0.5, 0.6) is 0 Å². The Morgan fingerprint density at radius 1 is 1.13 bits per heavy atom. The van der Waals surface area contributed by atoms with E-state index in [1.54, 1.807) is 6.92 Å². The van der Waals surface area contributed by atoms with Gasteiger partial charge in [0.2, 0.25) is 0 Å². The summed E-state index contributed by atoms with van der Waals surface area (Å²) >= 11 is 0. The fraction of sp³-hybridized carbons (Fsp3) is 0.438. The van der Waals surface area contributed by atoms with Crippen LogP contribution >= 0.6 is 0 Å². The minimum atomic E-state index is -0.981. The van der Waals surface area contributed by atoms with E-state index in [9.17, 15) is 14.4 Å². The number of rotatable bonds is 5. The van der Waals surface area contributed by atoms with Crippen molar-refractivity contribution >= 4 is 17.9 Å². The SMILES string of the molecule is C=C(C)C(=O)O.C=C(C)C(=O)OC.C=CC(=O)O.CCCCN. The Hall–Kier alpha value is -2.41. The summed E-state index contributed by atoms with van der Waals surface area (Å²) in [6, 6.07) is 0. The van der Waals surface area contributed by atoms with Crippen LogP contribution in [0.4, 0.5) is 0 Å². The molecule has 7 heteroatoms. The molecule has 0 aromatic rings. The van der Waals surface area contributed by atoms with E-state index in [-0.39, 0.29) is 11.5 Å². The van der Waals surface area contributed by atoms with Gasteiger partial charge in [0.25, 0.3) is 0 Å². The molecule has 0 radical (unpaired) electrons. The molecule has 23 heavy (non-hydrogen) atoms. The zero-order valence-electron chi connectivity index (χ0n) is 14.4. The lowest BCUT2D eigenvalue weighted by Gasteiger charge is -1.91. The highest BCUT2D eigenvalue weighted by molar-refractivity contribution is 5.86. The molecular weight excluding hydrogens is 302 g/mol. The highest BCUT2D eigenvalue weighted by Gasteiger charge is 1.95. The highest BCUT2D eigenvalue weighted by atomic mass is 16.5. The van der Waals surface area contributed by atoms with Gasteiger partial charge in [-0.15, -0.1) is 0 Å². The first-order valence-corrected chi connectivity index (χ1v) is 6.69. The monoisotopic (exact) mass is 331 g/mol. The summed E-state index contributed by atoms with van der Waals surface area (Å²) in [5, 5.41) is 15.5. The Balaban J connectivity index is -0.000000106. The van der Waals surface area contributed by atoms with Gasteiger partial charge in [-0.25, -0.2) is 14.4 Å². The van der Waals surface area contributed by atoms with Crippen molar-refractivity contribution in [3.8, 4) is 0 Å². The molecule has 0 saturated carbocycles. The molecule has 0 rings (SSSR count). The number of carboxylic acid groups (broad SMARTS) is 2. The van der Waals surface area contributed by atoms with Gasteiger partial charge in [0, 0.05) is 17.2 Å². The number of hydrogen-bond acceptors (Lipinski definition) is 5. The average molecular weight is 331 g/mol. The molecule has 0 aromatic heterocycles. The molecule has 0 spiro atoms. The van der Waals surface area contributed by atoms with Crippen LogP contribution in [0.3, 0.4) is 0 Å². The smallest absolute Gasteiger partial charge is 0.332 e. The van der Waals surface area contributed by atoms with Crippen LogP contribution in [-0.2, 0) is 19.1 Å².